The number of ether oxygens (including phenoxy) is 2. The Bertz CT molecular complexity index is 1110. The molecule has 154 valence electrons. The van der Waals surface area contributed by atoms with E-state index in [2.05, 4.69) is 16.5 Å². The van der Waals surface area contributed by atoms with Crippen LogP contribution in [-0.2, 0) is 6.42 Å². The summed E-state index contributed by atoms with van der Waals surface area (Å²) in [7, 11) is 0. The molecule has 6 heteroatoms. The molecular formula is C24H24ClN3O2. The fourth-order valence-electron chi connectivity index (χ4n) is 3.30. The van der Waals surface area contributed by atoms with Crippen molar-refractivity contribution in [2.45, 2.75) is 13.3 Å². The summed E-state index contributed by atoms with van der Waals surface area (Å²) in [6, 6.07) is 23.7. The summed E-state index contributed by atoms with van der Waals surface area (Å²) in [5.41, 5.74) is 6.65. The predicted octanol–water partition coefficient (Wildman–Crippen LogP) is 5.24. The molecule has 30 heavy (non-hydrogen) atoms. The lowest BCUT2D eigenvalue weighted by Crippen LogP contribution is -2.18. The third-order valence-electron chi connectivity index (χ3n) is 4.76. The maximum absolute atomic E-state index is 6.41. The lowest BCUT2D eigenvalue weighted by atomic mass is 10.1. The molecule has 0 bridgehead atoms. The Labute approximate surface area is 181 Å². The molecule has 5 nitrogen and oxygen atoms in total. The average Bonchev–Trinajstić information content (AvgIpc) is 3.08. The van der Waals surface area contributed by atoms with Crippen LogP contribution in [0.4, 0.5) is 0 Å². The van der Waals surface area contributed by atoms with Crippen molar-refractivity contribution in [2.24, 2.45) is 0 Å². The van der Waals surface area contributed by atoms with Gasteiger partial charge in [-0.2, -0.15) is 0 Å². The summed E-state index contributed by atoms with van der Waals surface area (Å²) < 4.78 is 13.4. The monoisotopic (exact) mass is 421 g/mol. The first-order chi connectivity index (χ1) is 14.7. The molecule has 1 aromatic heterocycles. The van der Waals surface area contributed by atoms with Crippen LogP contribution in [0.2, 0.25) is 5.02 Å². The molecule has 0 fully saturated rings. The number of hydrogen-bond acceptors (Lipinski definition) is 4. The van der Waals surface area contributed by atoms with Gasteiger partial charge < -0.3 is 14.9 Å². The van der Waals surface area contributed by atoms with E-state index >= 15 is 0 Å². The van der Waals surface area contributed by atoms with Crippen LogP contribution < -0.4 is 14.9 Å². The van der Waals surface area contributed by atoms with Gasteiger partial charge in [0.05, 0.1) is 16.1 Å². The fraction of sp³-hybridized carbons (Fsp3) is 0.208. The highest BCUT2D eigenvalue weighted by molar-refractivity contribution is 6.32. The average molecular weight is 422 g/mol. The van der Waals surface area contributed by atoms with Gasteiger partial charge in [-0.3, -0.25) is 0 Å². The number of benzene rings is 3. The van der Waals surface area contributed by atoms with Crippen molar-refractivity contribution in [1.82, 2.24) is 9.66 Å². The molecule has 0 spiro atoms. The van der Waals surface area contributed by atoms with Gasteiger partial charge in [-0.1, -0.05) is 48.0 Å². The number of nitrogens with zero attached hydrogens (tertiary/aromatic N) is 2. The fourth-order valence-corrected chi connectivity index (χ4v) is 3.56. The Balaban J connectivity index is 1.27. The highest BCUT2D eigenvalue weighted by Crippen LogP contribution is 2.25. The summed E-state index contributed by atoms with van der Waals surface area (Å²) >= 11 is 6.41. The van der Waals surface area contributed by atoms with E-state index in [0.29, 0.717) is 24.0 Å². The second kappa shape index (κ2) is 9.55. The number of para-hydroxylation sites is 3. The molecule has 1 N–H and O–H groups in total. The molecule has 4 aromatic rings. The molecule has 3 aromatic carbocycles. The minimum atomic E-state index is 0.433. The number of fused-ring (bicyclic) bond motifs is 1. The van der Waals surface area contributed by atoms with Crippen LogP contribution >= 0.6 is 11.6 Å². The van der Waals surface area contributed by atoms with Gasteiger partial charge in [-0.15, -0.1) is 0 Å². The minimum Gasteiger partial charge on any atom is -0.490 e. The highest BCUT2D eigenvalue weighted by Gasteiger charge is 2.07. The van der Waals surface area contributed by atoms with E-state index in [1.54, 1.807) is 0 Å². The zero-order valence-electron chi connectivity index (χ0n) is 16.8. The third-order valence-corrected chi connectivity index (χ3v) is 5.06. The summed E-state index contributed by atoms with van der Waals surface area (Å²) in [6.45, 7) is 3.66. The van der Waals surface area contributed by atoms with Gasteiger partial charge in [0.25, 0.3) is 0 Å². The van der Waals surface area contributed by atoms with Crippen LogP contribution in [0, 0.1) is 6.92 Å². The molecule has 4 rings (SSSR count). The zero-order valence-corrected chi connectivity index (χ0v) is 17.6. The van der Waals surface area contributed by atoms with E-state index in [9.17, 15) is 0 Å². The Morgan fingerprint density at radius 1 is 0.933 bits per heavy atom. The van der Waals surface area contributed by atoms with E-state index in [1.165, 1.54) is 0 Å². The second-order valence-corrected chi connectivity index (χ2v) is 7.32. The quantitative estimate of drug-likeness (QED) is 0.375. The lowest BCUT2D eigenvalue weighted by Gasteiger charge is -2.12. The first-order valence-corrected chi connectivity index (χ1v) is 10.4. The number of rotatable bonds is 9. The molecule has 0 aliphatic carbocycles. The van der Waals surface area contributed by atoms with Crippen molar-refractivity contribution in [2.75, 3.05) is 25.2 Å². The minimum absolute atomic E-state index is 0.433. The van der Waals surface area contributed by atoms with E-state index in [0.717, 1.165) is 41.1 Å². The van der Waals surface area contributed by atoms with Crippen LogP contribution in [-0.4, -0.2) is 29.4 Å². The second-order valence-electron chi connectivity index (χ2n) is 6.92. The van der Waals surface area contributed by atoms with Gasteiger partial charge in [0.15, 0.2) is 0 Å². The molecule has 0 unspecified atom stereocenters. The van der Waals surface area contributed by atoms with Crippen LogP contribution in [0.1, 0.15) is 11.4 Å². The van der Waals surface area contributed by atoms with E-state index in [-0.39, 0.29) is 0 Å². The molecular weight excluding hydrogens is 398 g/mol. The number of aromatic nitrogens is 2. The Morgan fingerprint density at radius 3 is 2.53 bits per heavy atom. The summed E-state index contributed by atoms with van der Waals surface area (Å²) in [5, 5.41) is 0.608. The smallest absolute Gasteiger partial charge is 0.138 e. The molecule has 0 amide bonds. The molecule has 1 heterocycles. The van der Waals surface area contributed by atoms with Crippen LogP contribution in [0.3, 0.4) is 0 Å². The first-order valence-electron chi connectivity index (χ1n) is 9.98. The maximum atomic E-state index is 6.41. The zero-order chi connectivity index (χ0) is 20.8. The van der Waals surface area contributed by atoms with Crippen LogP contribution in [0.25, 0.3) is 11.0 Å². The number of nitrogens with one attached hydrogen (secondary N) is 1. The standard InChI is InChI=1S/C24H24ClN3O2/c1-18-27-22-9-5-6-10-23(22)28(18)26-14-13-19-11-12-24(21(25)17-19)30-16-15-29-20-7-3-2-4-8-20/h2-12,17,26H,13-16H2,1H3. The number of halogens is 1. The largest absolute Gasteiger partial charge is 0.490 e. The van der Waals surface area contributed by atoms with Gasteiger partial charge in [0.1, 0.15) is 30.5 Å². The summed E-state index contributed by atoms with van der Waals surface area (Å²) in [4.78, 5) is 4.57. The predicted molar refractivity (Wildman–Crippen MR) is 121 cm³/mol. The van der Waals surface area contributed by atoms with Gasteiger partial charge in [-0.05, 0) is 55.3 Å². The number of aryl methyl sites for hydroxylation is 1. The van der Waals surface area contributed by atoms with E-state index in [4.69, 9.17) is 21.1 Å². The van der Waals surface area contributed by atoms with Crippen LogP contribution in [0.5, 0.6) is 11.5 Å². The molecule has 0 saturated carbocycles. The normalized spacial score (nSPS) is 10.9. The van der Waals surface area contributed by atoms with Crippen molar-refractivity contribution in [3.8, 4) is 11.5 Å². The SMILES string of the molecule is Cc1nc2ccccc2n1NCCc1ccc(OCCOc2ccccc2)c(Cl)c1. The number of imidazole rings is 1. The first kappa shape index (κ1) is 20.1. The highest BCUT2D eigenvalue weighted by atomic mass is 35.5. The molecule has 0 aliphatic rings. The molecule has 0 radical (unpaired) electrons. The van der Waals surface area contributed by atoms with Gasteiger partial charge >= 0.3 is 0 Å². The van der Waals surface area contributed by atoms with Gasteiger partial charge in [-0.25, -0.2) is 9.66 Å². The lowest BCUT2D eigenvalue weighted by molar-refractivity contribution is 0.217. The molecule has 0 atom stereocenters. The van der Waals surface area contributed by atoms with Gasteiger partial charge in [0, 0.05) is 6.54 Å². The summed E-state index contributed by atoms with van der Waals surface area (Å²) in [6.07, 6.45) is 0.836. The summed E-state index contributed by atoms with van der Waals surface area (Å²) in [5.74, 6) is 2.44. The molecule has 0 aliphatic heterocycles. The van der Waals surface area contributed by atoms with Crippen molar-refractivity contribution in [3.05, 3.63) is 89.2 Å². The Hall–Kier alpha value is -3.18. The van der Waals surface area contributed by atoms with E-state index < -0.39 is 0 Å². The van der Waals surface area contributed by atoms with Crippen molar-refractivity contribution < 1.29 is 9.47 Å². The van der Waals surface area contributed by atoms with Crippen molar-refractivity contribution in [3.63, 3.8) is 0 Å². The van der Waals surface area contributed by atoms with Crippen LogP contribution in [0.15, 0.2) is 72.8 Å². The molecule has 0 saturated heterocycles. The van der Waals surface area contributed by atoms with Gasteiger partial charge in [0.2, 0.25) is 0 Å². The Kier molecular flexibility index (Phi) is 6.40. The Morgan fingerprint density at radius 2 is 1.70 bits per heavy atom. The van der Waals surface area contributed by atoms with E-state index in [1.807, 2.05) is 78.3 Å². The third kappa shape index (κ3) is 4.86. The van der Waals surface area contributed by atoms with Crippen molar-refractivity contribution >= 4 is 22.6 Å². The number of hydrogen-bond donors (Lipinski definition) is 1. The maximum Gasteiger partial charge on any atom is 0.138 e. The van der Waals surface area contributed by atoms with Crippen molar-refractivity contribution in [1.29, 1.82) is 0 Å². The topological polar surface area (TPSA) is 48.3 Å².